The third kappa shape index (κ3) is 4.29. The van der Waals surface area contributed by atoms with E-state index in [1.54, 1.807) is 11.1 Å². The van der Waals surface area contributed by atoms with E-state index in [2.05, 4.69) is 14.9 Å². The Morgan fingerprint density at radius 1 is 1.23 bits per heavy atom. The number of nitrogens with zero attached hydrogens (tertiary/aromatic N) is 4. The largest absolute Gasteiger partial charge is 0.398 e. The van der Waals surface area contributed by atoms with Gasteiger partial charge in [-0.2, -0.15) is 0 Å². The Balaban J connectivity index is 0.000000589. The molecule has 4 N–H and O–H groups in total. The molecular formula is C21H26FN7O. The van der Waals surface area contributed by atoms with Crippen molar-refractivity contribution in [3.05, 3.63) is 47.2 Å². The zero-order valence-corrected chi connectivity index (χ0v) is 17.1. The highest BCUT2D eigenvalue weighted by atomic mass is 19.1. The number of benzene rings is 1. The van der Waals surface area contributed by atoms with Gasteiger partial charge in [-0.05, 0) is 38.5 Å². The van der Waals surface area contributed by atoms with Gasteiger partial charge in [0.2, 0.25) is 0 Å². The molecule has 2 saturated heterocycles. The summed E-state index contributed by atoms with van der Waals surface area (Å²) >= 11 is 0. The van der Waals surface area contributed by atoms with Gasteiger partial charge in [0.15, 0.2) is 0 Å². The van der Waals surface area contributed by atoms with E-state index in [1.807, 2.05) is 13.8 Å². The van der Waals surface area contributed by atoms with Crippen LogP contribution in [0.3, 0.4) is 0 Å². The number of rotatable bonds is 3. The molecule has 0 bridgehead atoms. The summed E-state index contributed by atoms with van der Waals surface area (Å²) in [7, 11) is 0. The molecule has 2 atom stereocenters. The van der Waals surface area contributed by atoms with E-state index >= 15 is 0 Å². The van der Waals surface area contributed by atoms with Crippen molar-refractivity contribution in [2.75, 3.05) is 30.3 Å². The van der Waals surface area contributed by atoms with Crippen LogP contribution in [0.2, 0.25) is 0 Å². The van der Waals surface area contributed by atoms with Crippen LogP contribution in [0.15, 0.2) is 24.4 Å². The van der Waals surface area contributed by atoms with E-state index in [4.69, 9.17) is 16.6 Å². The second kappa shape index (κ2) is 8.98. The fraction of sp³-hybridized carbons (Fsp3) is 0.381. The normalized spacial score (nSPS) is 19.7. The average molecular weight is 411 g/mol. The number of aromatic nitrogens is 2. The number of anilines is 2. The summed E-state index contributed by atoms with van der Waals surface area (Å²) in [4.78, 5) is 25.8. The number of carbonyl (C=O) groups is 1. The standard InChI is InChI=1S/C19H22FN5O.C2H4N2/c1-11-12(2)23-18(8-22-11)25-9-13-5-6-24(10-17(13)25)19(26)15-7-14(20)3-4-16(15)21;3-1-2-4/h3-4,7-8,13,17H,5-6,9-10,21H2,1-2H3;1-4H. The van der Waals surface area contributed by atoms with Gasteiger partial charge in [-0.15, -0.1) is 0 Å². The van der Waals surface area contributed by atoms with E-state index in [0.29, 0.717) is 24.7 Å². The number of piperidine rings is 1. The zero-order valence-electron chi connectivity index (χ0n) is 17.1. The van der Waals surface area contributed by atoms with Gasteiger partial charge in [0.05, 0.1) is 29.2 Å². The summed E-state index contributed by atoms with van der Waals surface area (Å²) in [6.07, 6.45) is 4.56. The maximum absolute atomic E-state index is 13.5. The molecule has 0 radical (unpaired) electrons. The fourth-order valence-corrected chi connectivity index (χ4v) is 3.80. The van der Waals surface area contributed by atoms with Crippen LogP contribution in [0.5, 0.6) is 0 Å². The summed E-state index contributed by atoms with van der Waals surface area (Å²) < 4.78 is 13.5. The summed E-state index contributed by atoms with van der Waals surface area (Å²) in [5.74, 6) is 0.743. The molecule has 0 spiro atoms. The van der Waals surface area contributed by atoms with Crippen LogP contribution in [0.25, 0.3) is 0 Å². The molecule has 1 aromatic heterocycles. The number of likely N-dealkylation sites (tertiary alicyclic amines) is 1. The molecule has 4 rings (SSSR count). The Bertz CT molecular complexity index is 958. The maximum Gasteiger partial charge on any atom is 0.256 e. The number of nitrogens with two attached hydrogens (primary N) is 1. The minimum Gasteiger partial charge on any atom is -0.398 e. The van der Waals surface area contributed by atoms with Crippen molar-refractivity contribution < 1.29 is 9.18 Å². The Morgan fingerprint density at radius 2 is 1.97 bits per heavy atom. The van der Waals surface area contributed by atoms with Crippen LogP contribution in [0, 0.1) is 36.4 Å². The lowest BCUT2D eigenvalue weighted by Crippen LogP contribution is -2.65. The van der Waals surface area contributed by atoms with Crippen molar-refractivity contribution in [2.24, 2.45) is 5.92 Å². The highest BCUT2D eigenvalue weighted by molar-refractivity contribution is 6.12. The number of carbonyl (C=O) groups excluding carboxylic acids is 1. The lowest BCUT2D eigenvalue weighted by atomic mass is 9.82. The number of nitrogens with one attached hydrogen (secondary N) is 2. The number of aryl methyl sites for hydroxylation is 2. The van der Waals surface area contributed by atoms with Gasteiger partial charge in [-0.3, -0.25) is 9.78 Å². The first-order valence-electron chi connectivity index (χ1n) is 9.76. The van der Waals surface area contributed by atoms with Crippen molar-refractivity contribution in [1.82, 2.24) is 14.9 Å². The molecule has 2 aromatic rings. The van der Waals surface area contributed by atoms with Crippen LogP contribution in [-0.2, 0) is 0 Å². The van der Waals surface area contributed by atoms with E-state index in [1.165, 1.54) is 18.2 Å². The van der Waals surface area contributed by atoms with Crippen molar-refractivity contribution in [3.63, 3.8) is 0 Å². The Kier molecular flexibility index (Phi) is 6.39. The Hall–Kier alpha value is -3.36. The van der Waals surface area contributed by atoms with Crippen molar-refractivity contribution in [1.29, 1.82) is 10.8 Å². The van der Waals surface area contributed by atoms with E-state index in [0.717, 1.165) is 42.6 Å². The summed E-state index contributed by atoms with van der Waals surface area (Å²) in [5.41, 5.74) is 8.27. The fourth-order valence-electron chi connectivity index (χ4n) is 3.80. The Labute approximate surface area is 174 Å². The molecule has 30 heavy (non-hydrogen) atoms. The molecule has 8 nitrogen and oxygen atoms in total. The van der Waals surface area contributed by atoms with Gasteiger partial charge in [-0.25, -0.2) is 9.37 Å². The van der Waals surface area contributed by atoms with Crippen LogP contribution >= 0.6 is 0 Å². The maximum atomic E-state index is 13.5. The van der Waals surface area contributed by atoms with Crippen molar-refractivity contribution >= 4 is 29.8 Å². The molecule has 2 fully saturated rings. The lowest BCUT2D eigenvalue weighted by Gasteiger charge is -2.54. The molecule has 1 aromatic carbocycles. The zero-order chi connectivity index (χ0) is 21.8. The van der Waals surface area contributed by atoms with Crippen LogP contribution in [0.1, 0.15) is 28.2 Å². The molecule has 0 saturated carbocycles. The molecule has 2 aliphatic heterocycles. The number of fused-ring (bicyclic) bond motifs is 1. The number of hydrogen-bond donors (Lipinski definition) is 3. The number of hydrogen-bond acceptors (Lipinski definition) is 7. The molecule has 9 heteroatoms. The van der Waals surface area contributed by atoms with E-state index < -0.39 is 5.82 Å². The summed E-state index contributed by atoms with van der Waals surface area (Å²) in [6.45, 7) is 6.09. The molecule has 3 heterocycles. The van der Waals surface area contributed by atoms with Gasteiger partial charge in [0.25, 0.3) is 5.91 Å². The first kappa shape index (κ1) is 21.4. The lowest BCUT2D eigenvalue weighted by molar-refractivity contribution is 0.0591. The topological polar surface area (TPSA) is 123 Å². The first-order valence-corrected chi connectivity index (χ1v) is 9.76. The monoisotopic (exact) mass is 411 g/mol. The van der Waals surface area contributed by atoms with Gasteiger partial charge < -0.3 is 26.4 Å². The van der Waals surface area contributed by atoms with Crippen molar-refractivity contribution in [2.45, 2.75) is 26.3 Å². The predicted molar refractivity (Wildman–Crippen MR) is 115 cm³/mol. The molecule has 0 aliphatic carbocycles. The first-order chi connectivity index (χ1) is 14.3. The minimum atomic E-state index is -0.451. The molecule has 2 unspecified atom stereocenters. The van der Waals surface area contributed by atoms with Gasteiger partial charge in [-0.1, -0.05) is 0 Å². The number of nitrogen functional groups attached to an aromatic ring is 1. The smallest absolute Gasteiger partial charge is 0.256 e. The highest BCUT2D eigenvalue weighted by Crippen LogP contribution is 2.36. The average Bonchev–Trinajstić information content (AvgIpc) is 2.73. The van der Waals surface area contributed by atoms with Crippen LogP contribution in [-0.4, -0.2) is 58.9 Å². The molecule has 2 aliphatic rings. The van der Waals surface area contributed by atoms with Gasteiger partial charge in [0.1, 0.15) is 11.6 Å². The quantitative estimate of drug-likeness (QED) is 0.529. The highest BCUT2D eigenvalue weighted by Gasteiger charge is 2.44. The van der Waals surface area contributed by atoms with E-state index in [9.17, 15) is 9.18 Å². The second-order valence-electron chi connectivity index (χ2n) is 7.48. The van der Waals surface area contributed by atoms with E-state index in [-0.39, 0.29) is 17.5 Å². The second-order valence-corrected chi connectivity index (χ2v) is 7.48. The molecule has 158 valence electrons. The van der Waals surface area contributed by atoms with Crippen molar-refractivity contribution in [3.8, 4) is 0 Å². The third-order valence-electron chi connectivity index (χ3n) is 5.64. The van der Waals surface area contributed by atoms with Crippen LogP contribution < -0.4 is 10.6 Å². The number of halogens is 1. The predicted octanol–water partition coefficient (Wildman–Crippen LogP) is 2.45. The Morgan fingerprint density at radius 3 is 2.63 bits per heavy atom. The van der Waals surface area contributed by atoms with Gasteiger partial charge >= 0.3 is 0 Å². The minimum absolute atomic E-state index is 0.210. The summed E-state index contributed by atoms with van der Waals surface area (Å²) in [5, 5.41) is 12.2. The van der Waals surface area contributed by atoms with Gasteiger partial charge in [0, 0.05) is 43.7 Å². The SMILES string of the molecule is Cc1ncc(N2CC3CCN(C(=O)c4cc(F)ccc4N)CC32)nc1C.N=CC=N. The summed E-state index contributed by atoms with van der Waals surface area (Å²) in [6, 6.07) is 4.15. The number of amides is 1. The van der Waals surface area contributed by atoms with Crippen LogP contribution in [0.4, 0.5) is 15.9 Å². The molecule has 1 amide bonds. The third-order valence-corrected chi connectivity index (χ3v) is 5.64. The molecular weight excluding hydrogens is 385 g/mol.